The number of methoxy groups -OCH3 is 1. The lowest BCUT2D eigenvalue weighted by Crippen LogP contribution is -2.14. The van der Waals surface area contributed by atoms with E-state index in [0.717, 1.165) is 6.42 Å². The smallest absolute Gasteiger partial charge is 0.214 e. The number of allylic oxidation sites excluding steroid dienone is 1. The molecule has 0 bridgehead atoms. The van der Waals surface area contributed by atoms with Crippen molar-refractivity contribution >= 4 is 5.97 Å². The maximum Gasteiger partial charge on any atom is 0.214 e. The van der Waals surface area contributed by atoms with Crippen LogP contribution in [-0.4, -0.2) is 13.1 Å². The van der Waals surface area contributed by atoms with Crippen LogP contribution in [0.3, 0.4) is 0 Å². The molecule has 70 valence electrons. The van der Waals surface area contributed by atoms with Crippen molar-refractivity contribution in [2.45, 2.75) is 20.3 Å². The first-order chi connectivity index (χ1) is 5.54. The second kappa shape index (κ2) is 4.74. The molecule has 0 aromatic rings. The number of nitrogens with one attached hydrogen (secondary N) is 1. The summed E-state index contributed by atoms with van der Waals surface area (Å²) in [5.41, 5.74) is 5.52. The summed E-state index contributed by atoms with van der Waals surface area (Å²) in [6, 6.07) is 0. The molecule has 0 aromatic carbocycles. The standard InChI is InChI=1S/C8H15FN2O/c1-4-5(2)6(7(9)10)8(11)12-3/h5,10H,4,11H2,1-3H3. The van der Waals surface area contributed by atoms with E-state index in [9.17, 15) is 4.39 Å². The molecule has 0 aliphatic rings. The van der Waals surface area contributed by atoms with Gasteiger partial charge in [0, 0.05) is 0 Å². The molecule has 3 nitrogen and oxygen atoms in total. The molecule has 0 amide bonds. The molecule has 0 heterocycles. The topological polar surface area (TPSA) is 59.1 Å². The Kier molecular flexibility index (Phi) is 4.33. The van der Waals surface area contributed by atoms with Crippen LogP contribution in [0.5, 0.6) is 0 Å². The minimum Gasteiger partial charge on any atom is -0.482 e. The van der Waals surface area contributed by atoms with Gasteiger partial charge in [-0.3, -0.25) is 5.41 Å². The predicted molar refractivity (Wildman–Crippen MR) is 46.5 cm³/mol. The summed E-state index contributed by atoms with van der Waals surface area (Å²) >= 11 is 0. The lowest BCUT2D eigenvalue weighted by Gasteiger charge is -2.12. The third kappa shape index (κ3) is 2.53. The highest BCUT2D eigenvalue weighted by Gasteiger charge is 2.16. The molecule has 0 fully saturated rings. The van der Waals surface area contributed by atoms with Gasteiger partial charge in [-0.05, 0) is 12.3 Å². The van der Waals surface area contributed by atoms with Crippen molar-refractivity contribution in [2.24, 2.45) is 11.7 Å². The SMILES string of the molecule is CCC(C)C(C(=N)F)=C(N)OC. The van der Waals surface area contributed by atoms with E-state index in [-0.39, 0.29) is 17.4 Å². The first-order valence-corrected chi connectivity index (χ1v) is 3.82. The molecule has 1 atom stereocenters. The van der Waals surface area contributed by atoms with Crippen LogP contribution in [-0.2, 0) is 4.74 Å². The van der Waals surface area contributed by atoms with Gasteiger partial charge in [0.05, 0.1) is 12.7 Å². The summed E-state index contributed by atoms with van der Waals surface area (Å²) in [5.74, 6) is -1.09. The van der Waals surface area contributed by atoms with Crippen LogP contribution in [0.2, 0.25) is 0 Å². The van der Waals surface area contributed by atoms with Gasteiger partial charge in [-0.2, -0.15) is 4.39 Å². The Morgan fingerprint density at radius 3 is 2.42 bits per heavy atom. The van der Waals surface area contributed by atoms with Crippen LogP contribution in [0.25, 0.3) is 0 Å². The highest BCUT2D eigenvalue weighted by atomic mass is 19.1. The lowest BCUT2D eigenvalue weighted by atomic mass is 9.99. The molecule has 12 heavy (non-hydrogen) atoms. The number of halogens is 1. The highest BCUT2D eigenvalue weighted by Crippen LogP contribution is 2.18. The maximum absolute atomic E-state index is 12.6. The first kappa shape index (κ1) is 10.9. The Hall–Kier alpha value is -1.06. The van der Waals surface area contributed by atoms with E-state index in [1.165, 1.54) is 7.11 Å². The largest absolute Gasteiger partial charge is 0.482 e. The molecule has 0 rings (SSSR count). The van der Waals surface area contributed by atoms with E-state index in [1.807, 2.05) is 6.92 Å². The Morgan fingerprint density at radius 2 is 2.17 bits per heavy atom. The van der Waals surface area contributed by atoms with Crippen molar-refractivity contribution in [3.63, 3.8) is 0 Å². The molecule has 0 aliphatic carbocycles. The van der Waals surface area contributed by atoms with Gasteiger partial charge in [0.1, 0.15) is 0 Å². The van der Waals surface area contributed by atoms with Gasteiger partial charge in [0.25, 0.3) is 0 Å². The van der Waals surface area contributed by atoms with E-state index < -0.39 is 5.97 Å². The van der Waals surface area contributed by atoms with E-state index in [4.69, 9.17) is 11.1 Å². The molecule has 0 spiro atoms. The molecule has 0 radical (unpaired) electrons. The number of nitrogens with two attached hydrogens (primary N) is 1. The van der Waals surface area contributed by atoms with Gasteiger partial charge < -0.3 is 10.5 Å². The van der Waals surface area contributed by atoms with Gasteiger partial charge in [-0.1, -0.05) is 13.8 Å². The van der Waals surface area contributed by atoms with Crippen molar-refractivity contribution in [1.82, 2.24) is 0 Å². The summed E-state index contributed by atoms with van der Waals surface area (Å²) in [7, 11) is 1.36. The van der Waals surface area contributed by atoms with Gasteiger partial charge >= 0.3 is 0 Å². The number of rotatable bonds is 4. The number of ether oxygens (including phenoxy) is 1. The molecule has 0 aliphatic heterocycles. The van der Waals surface area contributed by atoms with E-state index >= 15 is 0 Å². The van der Waals surface area contributed by atoms with Crippen molar-refractivity contribution in [3.8, 4) is 0 Å². The van der Waals surface area contributed by atoms with Gasteiger partial charge in [0.15, 0.2) is 5.88 Å². The molecule has 3 N–H and O–H groups in total. The second-order valence-electron chi connectivity index (χ2n) is 2.61. The quantitative estimate of drug-likeness (QED) is 0.504. The Bertz CT molecular complexity index is 201. The summed E-state index contributed by atoms with van der Waals surface area (Å²) in [6.07, 6.45) is 0.728. The van der Waals surface area contributed by atoms with E-state index in [2.05, 4.69) is 4.74 Å². The molecular formula is C8H15FN2O. The summed E-state index contributed by atoms with van der Waals surface area (Å²) in [6.45, 7) is 3.70. The number of hydrogen-bond donors (Lipinski definition) is 2. The monoisotopic (exact) mass is 174 g/mol. The summed E-state index contributed by atoms with van der Waals surface area (Å²) < 4.78 is 17.3. The summed E-state index contributed by atoms with van der Waals surface area (Å²) in [4.78, 5) is 0. The molecule has 0 aromatic heterocycles. The van der Waals surface area contributed by atoms with Crippen LogP contribution < -0.4 is 5.73 Å². The lowest BCUT2D eigenvalue weighted by molar-refractivity contribution is 0.279. The molecule has 4 heteroatoms. The third-order valence-corrected chi connectivity index (χ3v) is 1.83. The Balaban J connectivity index is 4.77. The van der Waals surface area contributed by atoms with Gasteiger partial charge in [-0.25, -0.2) is 0 Å². The molecule has 1 unspecified atom stereocenters. The maximum atomic E-state index is 12.6. The van der Waals surface area contributed by atoms with Gasteiger partial charge in [-0.15, -0.1) is 0 Å². The fourth-order valence-corrected chi connectivity index (χ4v) is 0.881. The average Bonchev–Trinajstić information content (AvgIpc) is 2.03. The average molecular weight is 174 g/mol. The normalized spacial score (nSPS) is 15.0. The Labute approximate surface area is 71.9 Å². The highest BCUT2D eigenvalue weighted by molar-refractivity contribution is 5.90. The summed E-state index contributed by atoms with van der Waals surface area (Å²) in [5, 5.41) is 6.83. The zero-order valence-corrected chi connectivity index (χ0v) is 7.65. The molecule has 0 saturated heterocycles. The Morgan fingerprint density at radius 1 is 1.67 bits per heavy atom. The van der Waals surface area contributed by atoms with Crippen molar-refractivity contribution in [1.29, 1.82) is 5.41 Å². The number of hydrogen-bond acceptors (Lipinski definition) is 3. The second-order valence-corrected chi connectivity index (χ2v) is 2.61. The van der Waals surface area contributed by atoms with Crippen LogP contribution in [0.1, 0.15) is 20.3 Å². The minimum atomic E-state index is -1.01. The van der Waals surface area contributed by atoms with E-state index in [1.54, 1.807) is 6.92 Å². The van der Waals surface area contributed by atoms with Crippen LogP contribution in [0, 0.1) is 11.3 Å². The van der Waals surface area contributed by atoms with Crippen LogP contribution in [0.4, 0.5) is 4.39 Å². The third-order valence-electron chi connectivity index (χ3n) is 1.83. The molecule has 0 saturated carbocycles. The van der Waals surface area contributed by atoms with Crippen LogP contribution in [0.15, 0.2) is 11.5 Å². The predicted octanol–water partition coefficient (Wildman–Crippen LogP) is 1.80. The first-order valence-electron chi connectivity index (χ1n) is 3.82. The van der Waals surface area contributed by atoms with Crippen molar-refractivity contribution in [2.75, 3.05) is 7.11 Å². The van der Waals surface area contributed by atoms with E-state index in [0.29, 0.717) is 0 Å². The molecular weight excluding hydrogens is 159 g/mol. The fraction of sp³-hybridized carbons (Fsp3) is 0.625. The van der Waals surface area contributed by atoms with Crippen molar-refractivity contribution < 1.29 is 9.13 Å². The fourth-order valence-electron chi connectivity index (χ4n) is 0.881. The van der Waals surface area contributed by atoms with Gasteiger partial charge in [0.2, 0.25) is 5.97 Å². The zero-order chi connectivity index (χ0) is 9.72. The minimum absolute atomic E-state index is 0.00292. The van der Waals surface area contributed by atoms with Crippen LogP contribution >= 0.6 is 0 Å². The van der Waals surface area contributed by atoms with Crippen molar-refractivity contribution in [3.05, 3.63) is 11.5 Å². The zero-order valence-electron chi connectivity index (χ0n) is 7.65.